The van der Waals surface area contributed by atoms with E-state index in [1.165, 1.54) is 31.0 Å². The Kier molecular flexibility index (Phi) is 11.1. The van der Waals surface area contributed by atoms with Crippen molar-refractivity contribution in [2.24, 2.45) is 0 Å². The average Bonchev–Trinajstić information content (AvgIpc) is 2.87. The van der Waals surface area contributed by atoms with Gasteiger partial charge in [-0.3, -0.25) is 0 Å². The van der Waals surface area contributed by atoms with Crippen LogP contribution < -0.4 is 9.64 Å². The number of anilines is 1. The van der Waals surface area contributed by atoms with E-state index < -0.39 is 0 Å². The molecule has 0 N–H and O–H groups in total. The van der Waals surface area contributed by atoms with Crippen LogP contribution in [-0.4, -0.2) is 64.0 Å². The van der Waals surface area contributed by atoms with Crippen LogP contribution in [0, 0.1) is 0 Å². The molecule has 1 aliphatic rings. The first-order chi connectivity index (χ1) is 16.0. The number of benzene rings is 2. The first-order valence-electron chi connectivity index (χ1n) is 11.5. The molecule has 0 unspecified atom stereocenters. The first kappa shape index (κ1) is 26.0. The van der Waals surface area contributed by atoms with Crippen LogP contribution in [0.4, 0.5) is 10.5 Å². The van der Waals surface area contributed by atoms with Crippen molar-refractivity contribution in [3.63, 3.8) is 0 Å². The maximum Gasteiger partial charge on any atom is 0.409 e. The van der Waals surface area contributed by atoms with Gasteiger partial charge in [0.05, 0.1) is 14.2 Å². The lowest BCUT2D eigenvalue weighted by molar-refractivity contribution is -0.142. The normalized spacial score (nSPS) is 13.0. The van der Waals surface area contributed by atoms with Gasteiger partial charge >= 0.3 is 12.1 Å². The number of hydrogen-bond acceptors (Lipinski definition) is 6. The van der Waals surface area contributed by atoms with E-state index in [0.717, 1.165) is 45.4 Å². The van der Waals surface area contributed by atoms with Crippen LogP contribution in [0.3, 0.4) is 0 Å². The first-order valence-corrected chi connectivity index (χ1v) is 11.5. The minimum absolute atomic E-state index is 0.0356. The second-order valence-corrected chi connectivity index (χ2v) is 7.73. The molecule has 0 radical (unpaired) electrons. The lowest BCUT2D eigenvalue weighted by atomic mass is 10.1. The van der Waals surface area contributed by atoms with Crippen molar-refractivity contribution in [2.45, 2.75) is 33.1 Å². The molecule has 2 aromatic rings. The Morgan fingerprint density at radius 1 is 0.879 bits per heavy atom. The van der Waals surface area contributed by atoms with E-state index in [9.17, 15) is 9.59 Å². The van der Waals surface area contributed by atoms with Gasteiger partial charge in [-0.25, -0.2) is 9.59 Å². The smallest absolute Gasteiger partial charge is 0.409 e. The Bertz CT molecular complexity index is 878. The van der Waals surface area contributed by atoms with Gasteiger partial charge in [0, 0.05) is 31.9 Å². The van der Waals surface area contributed by atoms with Gasteiger partial charge < -0.3 is 24.0 Å². The van der Waals surface area contributed by atoms with Crippen molar-refractivity contribution >= 4 is 17.7 Å². The molecule has 0 saturated carbocycles. The van der Waals surface area contributed by atoms with Crippen LogP contribution in [-0.2, 0) is 27.1 Å². The number of esters is 1. The summed E-state index contributed by atoms with van der Waals surface area (Å²) in [5, 5.41) is 0. The Morgan fingerprint density at radius 2 is 1.58 bits per heavy atom. The lowest BCUT2D eigenvalue weighted by Crippen LogP contribution is -2.48. The summed E-state index contributed by atoms with van der Waals surface area (Å²) in [6.07, 6.45) is 2.95. The second-order valence-electron chi connectivity index (χ2n) is 7.73. The number of ether oxygens (including phenoxy) is 3. The van der Waals surface area contributed by atoms with E-state index in [1.807, 2.05) is 18.2 Å². The molecular weight excluding hydrogens is 420 g/mol. The van der Waals surface area contributed by atoms with Crippen LogP contribution in [0.5, 0.6) is 5.75 Å². The second kappa shape index (κ2) is 14.0. The van der Waals surface area contributed by atoms with E-state index >= 15 is 0 Å². The third-order valence-electron chi connectivity index (χ3n) is 5.42. The number of aryl methyl sites for hydroxylation is 2. The molecule has 0 atom stereocenters. The molecule has 180 valence electrons. The summed E-state index contributed by atoms with van der Waals surface area (Å²) in [6.45, 7) is 7.43. The zero-order valence-electron chi connectivity index (χ0n) is 20.2. The molecule has 0 spiro atoms. The summed E-state index contributed by atoms with van der Waals surface area (Å²) in [6, 6.07) is 16.4. The van der Waals surface area contributed by atoms with Gasteiger partial charge in [-0.15, -0.1) is 0 Å². The predicted molar refractivity (Wildman–Crippen MR) is 130 cm³/mol. The quantitative estimate of drug-likeness (QED) is 0.578. The van der Waals surface area contributed by atoms with Gasteiger partial charge in [-0.2, -0.15) is 0 Å². The topological polar surface area (TPSA) is 68.3 Å². The summed E-state index contributed by atoms with van der Waals surface area (Å²) >= 11 is 0. The molecule has 7 heteroatoms. The van der Waals surface area contributed by atoms with E-state index in [4.69, 9.17) is 9.47 Å². The number of piperazine rings is 1. The summed E-state index contributed by atoms with van der Waals surface area (Å²) in [5.74, 6) is 0.349. The Hall–Kier alpha value is -3.22. The minimum Gasteiger partial charge on any atom is -0.482 e. The molecule has 2 aromatic carbocycles. The highest BCUT2D eigenvalue weighted by molar-refractivity contribution is 5.70. The van der Waals surface area contributed by atoms with Crippen molar-refractivity contribution in [3.05, 3.63) is 59.7 Å². The Labute approximate surface area is 197 Å². The molecule has 3 rings (SSSR count). The summed E-state index contributed by atoms with van der Waals surface area (Å²) in [7, 11) is 2.78. The fourth-order valence-electron chi connectivity index (χ4n) is 3.53. The SMILES string of the molecule is CCCc1cccc(OCC(=O)OC)c1.CCc1cccc(N2CCN(C(=O)OC)CC2)c1. The Morgan fingerprint density at radius 3 is 2.21 bits per heavy atom. The molecule has 7 nitrogen and oxygen atoms in total. The standard InChI is InChI=1S/C14H20N2O2.C12H16O3/c1-3-12-5-4-6-13(11-12)15-7-9-16(10-8-15)14(17)18-2;1-3-5-10-6-4-7-11(8-10)15-9-12(13)14-2/h4-6,11H,3,7-10H2,1-2H3;4,6-8H,3,5,9H2,1-2H3. The van der Waals surface area contributed by atoms with Gasteiger partial charge in [0.1, 0.15) is 5.75 Å². The van der Waals surface area contributed by atoms with Crippen LogP contribution in [0.25, 0.3) is 0 Å². The molecule has 1 amide bonds. The van der Waals surface area contributed by atoms with Crippen LogP contribution in [0.1, 0.15) is 31.4 Å². The predicted octanol–water partition coefficient (Wildman–Crippen LogP) is 4.33. The monoisotopic (exact) mass is 456 g/mol. The third-order valence-corrected chi connectivity index (χ3v) is 5.42. The highest BCUT2D eigenvalue weighted by Gasteiger charge is 2.21. The highest BCUT2D eigenvalue weighted by atomic mass is 16.6. The number of carbonyl (C=O) groups is 2. The molecule has 1 fully saturated rings. The van der Waals surface area contributed by atoms with Crippen molar-refractivity contribution in [1.82, 2.24) is 4.90 Å². The van der Waals surface area contributed by atoms with E-state index in [-0.39, 0.29) is 18.7 Å². The van der Waals surface area contributed by atoms with Gasteiger partial charge in [0.15, 0.2) is 6.61 Å². The third kappa shape index (κ3) is 8.67. The zero-order valence-corrected chi connectivity index (χ0v) is 20.2. The number of methoxy groups -OCH3 is 2. The van der Waals surface area contributed by atoms with Gasteiger partial charge in [-0.1, -0.05) is 44.5 Å². The van der Waals surface area contributed by atoms with E-state index in [0.29, 0.717) is 5.75 Å². The zero-order chi connectivity index (χ0) is 24.1. The molecule has 0 aliphatic carbocycles. The number of carbonyl (C=O) groups excluding carboxylic acids is 2. The van der Waals surface area contributed by atoms with Crippen LogP contribution in [0.15, 0.2) is 48.5 Å². The molecule has 0 aromatic heterocycles. The highest BCUT2D eigenvalue weighted by Crippen LogP contribution is 2.19. The maximum absolute atomic E-state index is 11.4. The van der Waals surface area contributed by atoms with Crippen LogP contribution in [0.2, 0.25) is 0 Å². The maximum atomic E-state index is 11.4. The van der Waals surface area contributed by atoms with Gasteiger partial charge in [-0.05, 0) is 48.2 Å². The average molecular weight is 457 g/mol. The molecular formula is C26H36N2O5. The Balaban J connectivity index is 0.000000238. The summed E-state index contributed by atoms with van der Waals surface area (Å²) in [5.41, 5.74) is 3.82. The van der Waals surface area contributed by atoms with Crippen LogP contribution >= 0.6 is 0 Å². The fourth-order valence-corrected chi connectivity index (χ4v) is 3.53. The summed E-state index contributed by atoms with van der Waals surface area (Å²) < 4.78 is 14.5. The molecule has 33 heavy (non-hydrogen) atoms. The number of rotatable bonds is 7. The van der Waals surface area contributed by atoms with Crippen molar-refractivity contribution in [1.29, 1.82) is 0 Å². The van der Waals surface area contributed by atoms with Gasteiger partial charge in [0.25, 0.3) is 0 Å². The number of nitrogens with zero attached hydrogens (tertiary/aromatic N) is 2. The minimum atomic E-state index is -0.365. The molecule has 1 aliphatic heterocycles. The summed E-state index contributed by atoms with van der Waals surface area (Å²) in [4.78, 5) is 26.3. The molecule has 0 bridgehead atoms. The molecule has 1 heterocycles. The van der Waals surface area contributed by atoms with Crippen molar-refractivity contribution in [3.8, 4) is 5.75 Å². The van der Waals surface area contributed by atoms with E-state index in [2.05, 4.69) is 53.8 Å². The van der Waals surface area contributed by atoms with Gasteiger partial charge in [0.2, 0.25) is 0 Å². The number of hydrogen-bond donors (Lipinski definition) is 0. The fraction of sp³-hybridized carbons (Fsp3) is 0.462. The molecule has 1 saturated heterocycles. The van der Waals surface area contributed by atoms with E-state index in [1.54, 1.807) is 4.90 Å². The number of amides is 1. The largest absolute Gasteiger partial charge is 0.482 e. The van der Waals surface area contributed by atoms with Crippen molar-refractivity contribution < 1.29 is 23.8 Å². The van der Waals surface area contributed by atoms with Crippen molar-refractivity contribution in [2.75, 3.05) is 51.9 Å². The lowest BCUT2D eigenvalue weighted by Gasteiger charge is -2.35.